The SMILES string of the molecule is COC(=O)c1ccc([C@H]2OC(=O)C[C@@H]2C(=O)CC2CCCCC2)cc1. The molecule has 1 aromatic rings. The lowest BCUT2D eigenvalue weighted by Crippen LogP contribution is -2.22. The Bertz CT molecular complexity index is 643. The van der Waals surface area contributed by atoms with Crippen LogP contribution in [0.3, 0.4) is 0 Å². The first-order chi connectivity index (χ1) is 12.1. The predicted molar refractivity (Wildman–Crippen MR) is 90.9 cm³/mol. The third kappa shape index (κ3) is 4.09. The number of Topliss-reactive ketones (excluding diaryl/α,β-unsaturated/α-hetero) is 1. The summed E-state index contributed by atoms with van der Waals surface area (Å²) in [6.45, 7) is 0. The Hall–Kier alpha value is -2.17. The molecular formula is C20H24O5. The molecule has 0 unspecified atom stereocenters. The largest absolute Gasteiger partial charge is 0.465 e. The van der Waals surface area contributed by atoms with E-state index in [2.05, 4.69) is 4.74 Å². The number of hydrogen-bond donors (Lipinski definition) is 0. The summed E-state index contributed by atoms with van der Waals surface area (Å²) in [6.07, 6.45) is 5.98. The van der Waals surface area contributed by atoms with Gasteiger partial charge in [-0.25, -0.2) is 4.79 Å². The molecule has 134 valence electrons. The van der Waals surface area contributed by atoms with Crippen LogP contribution in [0.1, 0.15) is 67.0 Å². The van der Waals surface area contributed by atoms with E-state index in [0.717, 1.165) is 18.4 Å². The van der Waals surface area contributed by atoms with Crippen molar-refractivity contribution < 1.29 is 23.9 Å². The van der Waals surface area contributed by atoms with Crippen molar-refractivity contribution in [3.05, 3.63) is 35.4 Å². The maximum atomic E-state index is 12.8. The highest BCUT2D eigenvalue weighted by molar-refractivity contribution is 5.90. The molecule has 2 aliphatic rings. The first-order valence-electron chi connectivity index (χ1n) is 8.99. The van der Waals surface area contributed by atoms with Gasteiger partial charge in [-0.05, 0) is 23.6 Å². The van der Waals surface area contributed by atoms with E-state index in [9.17, 15) is 14.4 Å². The Kier molecular flexibility index (Phi) is 5.51. The molecule has 0 N–H and O–H groups in total. The number of benzene rings is 1. The summed E-state index contributed by atoms with van der Waals surface area (Å²) < 4.78 is 10.1. The molecule has 5 nitrogen and oxygen atoms in total. The normalized spacial score (nSPS) is 24.0. The van der Waals surface area contributed by atoms with E-state index in [4.69, 9.17) is 4.74 Å². The Morgan fingerprint density at radius 3 is 2.44 bits per heavy atom. The molecule has 25 heavy (non-hydrogen) atoms. The predicted octanol–water partition coefficient (Wildman–Crippen LogP) is 3.62. The monoisotopic (exact) mass is 344 g/mol. The highest BCUT2D eigenvalue weighted by Crippen LogP contribution is 2.38. The molecule has 2 fully saturated rings. The Labute approximate surface area is 147 Å². The summed E-state index contributed by atoms with van der Waals surface area (Å²) in [5, 5.41) is 0. The number of rotatable bonds is 5. The molecule has 1 aromatic carbocycles. The highest BCUT2D eigenvalue weighted by atomic mass is 16.6. The van der Waals surface area contributed by atoms with E-state index in [0.29, 0.717) is 17.9 Å². The van der Waals surface area contributed by atoms with Crippen LogP contribution in [-0.2, 0) is 19.1 Å². The zero-order valence-electron chi connectivity index (χ0n) is 14.5. The smallest absolute Gasteiger partial charge is 0.337 e. The highest BCUT2D eigenvalue weighted by Gasteiger charge is 2.41. The van der Waals surface area contributed by atoms with Gasteiger partial charge in [-0.3, -0.25) is 9.59 Å². The average Bonchev–Trinajstić information content (AvgIpc) is 3.04. The van der Waals surface area contributed by atoms with Gasteiger partial charge < -0.3 is 9.47 Å². The molecule has 5 heteroatoms. The van der Waals surface area contributed by atoms with Crippen LogP contribution < -0.4 is 0 Å². The van der Waals surface area contributed by atoms with Crippen LogP contribution in [0.25, 0.3) is 0 Å². The molecule has 1 heterocycles. The van der Waals surface area contributed by atoms with Gasteiger partial charge in [-0.1, -0.05) is 44.2 Å². The van der Waals surface area contributed by atoms with Crippen molar-refractivity contribution >= 4 is 17.7 Å². The Morgan fingerprint density at radius 2 is 1.80 bits per heavy atom. The van der Waals surface area contributed by atoms with E-state index in [1.54, 1.807) is 24.3 Å². The molecule has 1 saturated carbocycles. The van der Waals surface area contributed by atoms with Crippen molar-refractivity contribution in [2.75, 3.05) is 7.11 Å². The maximum absolute atomic E-state index is 12.8. The third-order valence-corrected chi connectivity index (χ3v) is 5.30. The van der Waals surface area contributed by atoms with Crippen LogP contribution in [0, 0.1) is 11.8 Å². The second kappa shape index (κ2) is 7.81. The van der Waals surface area contributed by atoms with Gasteiger partial charge in [0, 0.05) is 6.42 Å². The van der Waals surface area contributed by atoms with Crippen LogP contribution in [0.2, 0.25) is 0 Å². The van der Waals surface area contributed by atoms with Crippen molar-refractivity contribution in [3.8, 4) is 0 Å². The van der Waals surface area contributed by atoms with Gasteiger partial charge >= 0.3 is 11.9 Å². The number of esters is 2. The number of ketones is 1. The molecule has 1 aliphatic heterocycles. The number of carbonyl (C=O) groups excluding carboxylic acids is 3. The van der Waals surface area contributed by atoms with E-state index in [1.807, 2.05) is 0 Å². The molecule has 0 bridgehead atoms. The molecule has 1 saturated heterocycles. The zero-order valence-corrected chi connectivity index (χ0v) is 14.5. The Morgan fingerprint density at radius 1 is 1.12 bits per heavy atom. The average molecular weight is 344 g/mol. The lowest BCUT2D eigenvalue weighted by atomic mass is 9.81. The van der Waals surface area contributed by atoms with Crippen LogP contribution in [0.4, 0.5) is 0 Å². The first-order valence-corrected chi connectivity index (χ1v) is 8.99. The standard InChI is InChI=1S/C20H24O5/c1-24-20(23)15-9-7-14(8-10-15)19-16(12-18(22)25-19)17(21)11-13-5-3-2-4-6-13/h7-10,13,16,19H,2-6,11-12H2,1H3/t16-,19-/m1/s1. The van der Waals surface area contributed by atoms with Crippen molar-refractivity contribution in [1.29, 1.82) is 0 Å². The fourth-order valence-corrected chi connectivity index (χ4v) is 3.90. The lowest BCUT2D eigenvalue weighted by molar-refractivity contribution is -0.141. The topological polar surface area (TPSA) is 69.7 Å². The van der Waals surface area contributed by atoms with Crippen LogP contribution in [0.15, 0.2) is 24.3 Å². The van der Waals surface area contributed by atoms with Crippen molar-refractivity contribution in [3.63, 3.8) is 0 Å². The third-order valence-electron chi connectivity index (χ3n) is 5.30. The minimum absolute atomic E-state index is 0.125. The van der Waals surface area contributed by atoms with Gasteiger partial charge in [0.15, 0.2) is 0 Å². The molecule has 0 spiro atoms. The minimum Gasteiger partial charge on any atom is -0.465 e. The lowest BCUT2D eigenvalue weighted by Gasteiger charge is -2.23. The van der Waals surface area contributed by atoms with Crippen LogP contribution in [-0.4, -0.2) is 24.8 Å². The van der Waals surface area contributed by atoms with E-state index < -0.39 is 18.0 Å². The number of ether oxygens (including phenoxy) is 2. The molecule has 1 aliphatic carbocycles. The van der Waals surface area contributed by atoms with Gasteiger partial charge in [0.1, 0.15) is 11.9 Å². The second-order valence-corrected chi connectivity index (χ2v) is 7.01. The fourth-order valence-electron chi connectivity index (χ4n) is 3.90. The summed E-state index contributed by atoms with van der Waals surface area (Å²) >= 11 is 0. The van der Waals surface area contributed by atoms with Gasteiger partial charge in [0.05, 0.1) is 25.0 Å². The number of cyclic esters (lactones) is 1. The summed E-state index contributed by atoms with van der Waals surface area (Å²) in [7, 11) is 1.33. The van der Waals surface area contributed by atoms with Gasteiger partial charge in [0.2, 0.25) is 0 Å². The first kappa shape index (κ1) is 17.6. The number of hydrogen-bond acceptors (Lipinski definition) is 5. The summed E-state index contributed by atoms with van der Waals surface area (Å²) in [5.74, 6) is -0.596. The van der Waals surface area contributed by atoms with Crippen molar-refractivity contribution in [2.24, 2.45) is 11.8 Å². The molecular weight excluding hydrogens is 320 g/mol. The second-order valence-electron chi connectivity index (χ2n) is 7.01. The zero-order chi connectivity index (χ0) is 17.8. The molecule has 2 atom stereocenters. The van der Waals surface area contributed by atoms with Gasteiger partial charge in [-0.15, -0.1) is 0 Å². The van der Waals surface area contributed by atoms with Gasteiger partial charge in [-0.2, -0.15) is 0 Å². The van der Waals surface area contributed by atoms with Crippen molar-refractivity contribution in [1.82, 2.24) is 0 Å². The summed E-state index contributed by atoms with van der Waals surface area (Å²) in [6, 6.07) is 6.73. The Balaban J connectivity index is 1.71. The van der Waals surface area contributed by atoms with Crippen LogP contribution >= 0.6 is 0 Å². The fraction of sp³-hybridized carbons (Fsp3) is 0.550. The maximum Gasteiger partial charge on any atom is 0.337 e. The van der Waals surface area contributed by atoms with Gasteiger partial charge in [0.25, 0.3) is 0 Å². The molecule has 3 rings (SSSR count). The molecule has 0 radical (unpaired) electrons. The van der Waals surface area contributed by atoms with Crippen LogP contribution in [0.5, 0.6) is 0 Å². The number of methoxy groups -OCH3 is 1. The molecule has 0 amide bonds. The summed E-state index contributed by atoms with van der Waals surface area (Å²) in [5.41, 5.74) is 1.18. The number of carbonyl (C=O) groups is 3. The molecule has 0 aromatic heterocycles. The van der Waals surface area contributed by atoms with E-state index in [1.165, 1.54) is 26.4 Å². The van der Waals surface area contributed by atoms with E-state index in [-0.39, 0.29) is 18.2 Å². The summed E-state index contributed by atoms with van der Waals surface area (Å²) in [4.78, 5) is 36.1. The minimum atomic E-state index is -0.546. The van der Waals surface area contributed by atoms with Crippen molar-refractivity contribution in [2.45, 2.75) is 51.0 Å². The quantitative estimate of drug-likeness (QED) is 0.763. The van der Waals surface area contributed by atoms with E-state index >= 15 is 0 Å².